The van der Waals surface area contributed by atoms with Crippen molar-refractivity contribution in [1.29, 1.82) is 0 Å². The Bertz CT molecular complexity index is 995. The second-order valence-corrected chi connectivity index (χ2v) is 9.38. The Hall–Kier alpha value is -2.30. The number of anilines is 1. The minimum absolute atomic E-state index is 0.0645. The Labute approximate surface area is 167 Å². The normalized spacial score (nSPS) is 14.1. The van der Waals surface area contributed by atoms with Gasteiger partial charge in [0.1, 0.15) is 4.88 Å². The Balaban J connectivity index is 1.72. The largest absolute Gasteiger partial charge is 0.462 e. The van der Waals surface area contributed by atoms with E-state index in [0.29, 0.717) is 16.1 Å². The molecule has 1 heterocycles. The summed E-state index contributed by atoms with van der Waals surface area (Å²) in [6, 6.07) is 5.81. The van der Waals surface area contributed by atoms with Crippen molar-refractivity contribution in [2.75, 3.05) is 19.0 Å². The van der Waals surface area contributed by atoms with E-state index >= 15 is 0 Å². The van der Waals surface area contributed by atoms with Gasteiger partial charge in [0, 0.05) is 18.7 Å². The highest BCUT2D eigenvalue weighted by Gasteiger charge is 2.35. The van der Waals surface area contributed by atoms with Crippen LogP contribution >= 0.6 is 11.3 Å². The third kappa shape index (κ3) is 4.23. The molecular weight excluding hydrogens is 402 g/mol. The van der Waals surface area contributed by atoms with Gasteiger partial charge in [-0.05, 0) is 51.0 Å². The van der Waals surface area contributed by atoms with Crippen molar-refractivity contribution in [3.63, 3.8) is 0 Å². The molecule has 1 saturated carbocycles. The van der Waals surface area contributed by atoms with Crippen LogP contribution in [-0.2, 0) is 14.8 Å². The van der Waals surface area contributed by atoms with Gasteiger partial charge >= 0.3 is 5.97 Å². The average molecular weight is 424 g/mol. The van der Waals surface area contributed by atoms with Gasteiger partial charge in [-0.25, -0.2) is 18.2 Å². The monoisotopic (exact) mass is 423 g/mol. The second kappa shape index (κ2) is 7.98. The molecule has 0 bridgehead atoms. The molecule has 1 aromatic carbocycles. The zero-order chi connectivity index (χ0) is 20.5. The molecule has 150 valence electrons. The third-order valence-electron chi connectivity index (χ3n) is 4.33. The number of benzene rings is 1. The molecule has 0 aliphatic heterocycles. The van der Waals surface area contributed by atoms with Crippen LogP contribution in [0.15, 0.2) is 29.2 Å². The number of hydrogen-bond acceptors (Lipinski definition) is 7. The first kappa shape index (κ1) is 20.4. The number of nitrogens with zero attached hydrogens (tertiary/aromatic N) is 2. The van der Waals surface area contributed by atoms with E-state index in [4.69, 9.17) is 4.74 Å². The van der Waals surface area contributed by atoms with Gasteiger partial charge in [0.2, 0.25) is 10.0 Å². The molecule has 28 heavy (non-hydrogen) atoms. The molecule has 0 spiro atoms. The standard InChI is InChI=1S/C18H21N3O5S2/c1-4-26-17(23)15-11(2)19-18(27-15)20-16(22)12-5-9-14(10-6-12)28(24,25)21(3)13-7-8-13/h5-6,9-10,13H,4,7-8H2,1-3H3,(H,19,20,22). The van der Waals surface area contributed by atoms with Gasteiger partial charge in [0.15, 0.2) is 5.13 Å². The summed E-state index contributed by atoms with van der Waals surface area (Å²) in [6.07, 6.45) is 1.74. The topological polar surface area (TPSA) is 106 Å². The van der Waals surface area contributed by atoms with Crippen LogP contribution in [-0.4, -0.2) is 49.3 Å². The third-order valence-corrected chi connectivity index (χ3v) is 7.31. The predicted molar refractivity (Wildman–Crippen MR) is 105 cm³/mol. The zero-order valence-corrected chi connectivity index (χ0v) is 17.4. The maximum absolute atomic E-state index is 12.5. The van der Waals surface area contributed by atoms with Gasteiger partial charge in [-0.2, -0.15) is 4.31 Å². The molecule has 1 aromatic heterocycles. The van der Waals surface area contributed by atoms with Crippen LogP contribution in [0, 0.1) is 6.92 Å². The Kier molecular flexibility index (Phi) is 5.82. The molecule has 1 aliphatic carbocycles. The summed E-state index contributed by atoms with van der Waals surface area (Å²) in [5.41, 5.74) is 0.766. The number of thiazole rings is 1. The fraction of sp³-hybridized carbons (Fsp3) is 0.389. The molecule has 1 N–H and O–H groups in total. The first-order valence-corrected chi connectivity index (χ1v) is 11.0. The predicted octanol–water partition coefficient (Wildman–Crippen LogP) is 2.66. The van der Waals surface area contributed by atoms with Crippen molar-refractivity contribution in [1.82, 2.24) is 9.29 Å². The number of ether oxygens (including phenoxy) is 1. The first-order valence-electron chi connectivity index (χ1n) is 8.78. The summed E-state index contributed by atoms with van der Waals surface area (Å²) in [5.74, 6) is -0.920. The van der Waals surface area contributed by atoms with Crippen LogP contribution in [0.25, 0.3) is 0 Å². The number of carbonyl (C=O) groups excluding carboxylic acids is 2. The van der Waals surface area contributed by atoms with Crippen LogP contribution in [0.1, 0.15) is 45.5 Å². The SMILES string of the molecule is CCOC(=O)c1sc(NC(=O)c2ccc(S(=O)(=O)N(C)C3CC3)cc2)nc1C. The highest BCUT2D eigenvalue weighted by molar-refractivity contribution is 7.89. The fourth-order valence-electron chi connectivity index (χ4n) is 2.58. The average Bonchev–Trinajstić information content (AvgIpc) is 3.44. The van der Waals surface area contributed by atoms with Gasteiger partial charge in [-0.15, -0.1) is 0 Å². The van der Waals surface area contributed by atoms with Crippen molar-refractivity contribution < 1.29 is 22.7 Å². The summed E-state index contributed by atoms with van der Waals surface area (Å²) in [6.45, 7) is 3.63. The lowest BCUT2D eigenvalue weighted by Gasteiger charge is -2.16. The molecule has 2 aromatic rings. The highest BCUT2D eigenvalue weighted by Crippen LogP contribution is 2.30. The molecule has 1 aliphatic rings. The fourth-order valence-corrected chi connectivity index (χ4v) is 4.86. The molecule has 0 unspecified atom stereocenters. The van der Waals surface area contributed by atoms with E-state index in [-0.39, 0.29) is 22.7 Å². The summed E-state index contributed by atoms with van der Waals surface area (Å²) < 4.78 is 31.4. The number of aromatic nitrogens is 1. The molecule has 3 rings (SSSR count). The molecule has 0 atom stereocenters. The Morgan fingerprint density at radius 3 is 2.50 bits per heavy atom. The Morgan fingerprint density at radius 2 is 1.93 bits per heavy atom. The van der Waals surface area contributed by atoms with E-state index in [0.717, 1.165) is 24.2 Å². The smallest absolute Gasteiger partial charge is 0.350 e. The first-order chi connectivity index (χ1) is 13.2. The highest BCUT2D eigenvalue weighted by atomic mass is 32.2. The van der Waals surface area contributed by atoms with Gasteiger partial charge in [-0.3, -0.25) is 10.1 Å². The van der Waals surface area contributed by atoms with Crippen molar-refractivity contribution in [2.24, 2.45) is 0 Å². The quantitative estimate of drug-likeness (QED) is 0.687. The van der Waals surface area contributed by atoms with E-state index in [1.54, 1.807) is 20.9 Å². The molecule has 10 heteroatoms. The van der Waals surface area contributed by atoms with Crippen molar-refractivity contribution in [3.8, 4) is 0 Å². The molecule has 0 saturated heterocycles. The lowest BCUT2D eigenvalue weighted by molar-refractivity contribution is 0.0531. The summed E-state index contributed by atoms with van der Waals surface area (Å²) >= 11 is 1.03. The number of carbonyl (C=O) groups is 2. The molecule has 1 amide bonds. The van der Waals surface area contributed by atoms with Gasteiger partial charge in [-0.1, -0.05) is 11.3 Å². The lowest BCUT2D eigenvalue weighted by atomic mass is 10.2. The van der Waals surface area contributed by atoms with Gasteiger partial charge in [0.25, 0.3) is 5.91 Å². The number of sulfonamides is 1. The molecule has 1 fully saturated rings. The number of esters is 1. The number of rotatable bonds is 7. The summed E-state index contributed by atoms with van der Waals surface area (Å²) in [7, 11) is -1.99. The van der Waals surface area contributed by atoms with Crippen LogP contribution in [0.5, 0.6) is 0 Å². The van der Waals surface area contributed by atoms with Crippen LogP contribution in [0.2, 0.25) is 0 Å². The number of amides is 1. The van der Waals surface area contributed by atoms with Gasteiger partial charge < -0.3 is 4.74 Å². The summed E-state index contributed by atoms with van der Waals surface area (Å²) in [5, 5.41) is 2.90. The van der Waals surface area contributed by atoms with E-state index in [1.165, 1.54) is 28.6 Å². The minimum Gasteiger partial charge on any atom is -0.462 e. The van der Waals surface area contributed by atoms with E-state index in [1.807, 2.05) is 0 Å². The second-order valence-electron chi connectivity index (χ2n) is 6.38. The van der Waals surface area contributed by atoms with E-state index < -0.39 is 21.9 Å². The van der Waals surface area contributed by atoms with Crippen LogP contribution in [0.3, 0.4) is 0 Å². The number of nitrogens with one attached hydrogen (secondary N) is 1. The zero-order valence-electron chi connectivity index (χ0n) is 15.8. The Morgan fingerprint density at radius 1 is 1.29 bits per heavy atom. The van der Waals surface area contributed by atoms with Crippen molar-refractivity contribution in [3.05, 3.63) is 40.4 Å². The molecule has 0 radical (unpaired) electrons. The van der Waals surface area contributed by atoms with Gasteiger partial charge in [0.05, 0.1) is 17.2 Å². The van der Waals surface area contributed by atoms with Crippen LogP contribution in [0.4, 0.5) is 5.13 Å². The maximum Gasteiger partial charge on any atom is 0.350 e. The van der Waals surface area contributed by atoms with E-state index in [9.17, 15) is 18.0 Å². The van der Waals surface area contributed by atoms with Crippen molar-refractivity contribution in [2.45, 2.75) is 37.6 Å². The van der Waals surface area contributed by atoms with Crippen molar-refractivity contribution >= 4 is 38.4 Å². The van der Waals surface area contributed by atoms with E-state index in [2.05, 4.69) is 10.3 Å². The van der Waals surface area contributed by atoms with Crippen LogP contribution < -0.4 is 5.32 Å². The summed E-state index contributed by atoms with van der Waals surface area (Å²) in [4.78, 5) is 28.9. The maximum atomic E-state index is 12.5. The minimum atomic E-state index is -3.55. The number of aryl methyl sites for hydroxylation is 1. The lowest BCUT2D eigenvalue weighted by Crippen LogP contribution is -2.29. The molecular formula is C18H21N3O5S2. The number of hydrogen-bond donors (Lipinski definition) is 1. The molecule has 8 nitrogen and oxygen atoms in total.